The van der Waals surface area contributed by atoms with Crippen LogP contribution in [0.2, 0.25) is 0 Å². The number of nitrogens with zero attached hydrogens (tertiary/aromatic N) is 2. The number of benzene rings is 1. The van der Waals surface area contributed by atoms with Gasteiger partial charge < -0.3 is 10.2 Å². The SMILES string of the molecule is CCc1ccccc1N(C(C)=O)c1nc(C[NH+](C)CC(=O)NC(C)C)cs1. The molecule has 1 aromatic heterocycles. The van der Waals surface area contributed by atoms with Crippen molar-refractivity contribution in [3.8, 4) is 0 Å². The van der Waals surface area contributed by atoms with Gasteiger partial charge in [-0.2, -0.15) is 0 Å². The van der Waals surface area contributed by atoms with Gasteiger partial charge >= 0.3 is 0 Å². The Morgan fingerprint density at radius 1 is 1.30 bits per heavy atom. The standard InChI is InChI=1S/C20H28N4O2S/c1-6-16-9-7-8-10-18(16)24(15(4)25)20-22-17(13-27-20)11-23(5)12-19(26)21-14(2)3/h7-10,13-14H,6,11-12H2,1-5H3,(H,21,26)/p+1. The van der Waals surface area contributed by atoms with Gasteiger partial charge in [-0.25, -0.2) is 4.98 Å². The second kappa shape index (κ2) is 9.62. The van der Waals surface area contributed by atoms with Crippen LogP contribution in [-0.2, 0) is 22.6 Å². The van der Waals surface area contributed by atoms with Gasteiger partial charge in [-0.1, -0.05) is 25.1 Å². The zero-order valence-electron chi connectivity index (χ0n) is 16.7. The summed E-state index contributed by atoms with van der Waals surface area (Å²) in [4.78, 5) is 31.6. The van der Waals surface area contributed by atoms with Gasteiger partial charge in [0.05, 0.1) is 12.7 Å². The Bertz CT molecular complexity index is 788. The molecule has 1 aromatic carbocycles. The maximum absolute atomic E-state index is 12.3. The highest BCUT2D eigenvalue weighted by Gasteiger charge is 2.21. The molecular weight excluding hydrogens is 360 g/mol. The molecule has 0 aliphatic carbocycles. The monoisotopic (exact) mass is 389 g/mol. The Balaban J connectivity index is 2.14. The molecule has 0 saturated heterocycles. The molecule has 1 atom stereocenters. The molecule has 27 heavy (non-hydrogen) atoms. The quantitative estimate of drug-likeness (QED) is 0.725. The van der Waals surface area contributed by atoms with Crippen LogP contribution in [0.5, 0.6) is 0 Å². The summed E-state index contributed by atoms with van der Waals surface area (Å²) in [6.45, 7) is 8.55. The lowest BCUT2D eigenvalue weighted by molar-refractivity contribution is -0.885. The molecule has 0 spiro atoms. The molecule has 2 amide bonds. The fraction of sp³-hybridized carbons (Fsp3) is 0.450. The smallest absolute Gasteiger partial charge is 0.275 e. The van der Waals surface area contributed by atoms with Crippen LogP contribution in [-0.4, -0.2) is 36.4 Å². The first-order chi connectivity index (χ1) is 12.8. The third-order valence-corrected chi connectivity index (χ3v) is 4.93. The second-order valence-electron chi connectivity index (χ2n) is 6.99. The summed E-state index contributed by atoms with van der Waals surface area (Å²) in [7, 11) is 1.97. The van der Waals surface area contributed by atoms with Crippen molar-refractivity contribution in [3.05, 3.63) is 40.9 Å². The number of para-hydroxylation sites is 1. The zero-order valence-corrected chi connectivity index (χ0v) is 17.5. The van der Waals surface area contributed by atoms with Crippen molar-refractivity contribution in [2.75, 3.05) is 18.5 Å². The molecule has 0 aliphatic rings. The fourth-order valence-corrected chi connectivity index (χ4v) is 3.81. The van der Waals surface area contributed by atoms with E-state index in [0.29, 0.717) is 18.2 Å². The number of rotatable bonds is 8. The number of likely N-dealkylation sites (N-methyl/N-ethyl adjacent to an activating group) is 1. The van der Waals surface area contributed by atoms with E-state index in [1.807, 2.05) is 50.5 Å². The van der Waals surface area contributed by atoms with Gasteiger partial charge in [-0.15, -0.1) is 11.3 Å². The Kier molecular flexibility index (Phi) is 7.50. The molecule has 0 saturated carbocycles. The van der Waals surface area contributed by atoms with E-state index in [1.54, 1.807) is 11.8 Å². The fourth-order valence-electron chi connectivity index (χ4n) is 2.93. The van der Waals surface area contributed by atoms with E-state index >= 15 is 0 Å². The minimum Gasteiger partial charge on any atom is -0.349 e. The van der Waals surface area contributed by atoms with E-state index in [0.717, 1.165) is 28.3 Å². The van der Waals surface area contributed by atoms with Gasteiger partial charge in [0.25, 0.3) is 5.91 Å². The van der Waals surface area contributed by atoms with Crippen LogP contribution in [0.25, 0.3) is 0 Å². The number of hydrogen-bond donors (Lipinski definition) is 2. The van der Waals surface area contributed by atoms with Gasteiger partial charge in [0.2, 0.25) is 5.91 Å². The molecule has 6 nitrogen and oxygen atoms in total. The molecule has 2 N–H and O–H groups in total. The van der Waals surface area contributed by atoms with Gasteiger partial charge in [0, 0.05) is 18.3 Å². The molecule has 2 aromatic rings. The van der Waals surface area contributed by atoms with Crippen LogP contribution in [0, 0.1) is 0 Å². The van der Waals surface area contributed by atoms with Crippen molar-refractivity contribution < 1.29 is 14.5 Å². The van der Waals surface area contributed by atoms with Crippen molar-refractivity contribution in [2.45, 2.75) is 46.7 Å². The Morgan fingerprint density at radius 2 is 2.00 bits per heavy atom. The van der Waals surface area contributed by atoms with Crippen molar-refractivity contribution in [1.29, 1.82) is 0 Å². The number of aryl methyl sites for hydroxylation is 1. The summed E-state index contributed by atoms with van der Waals surface area (Å²) in [5.41, 5.74) is 2.87. The van der Waals surface area contributed by atoms with Crippen molar-refractivity contribution >= 4 is 34.0 Å². The van der Waals surface area contributed by atoms with Crippen LogP contribution in [0.4, 0.5) is 10.8 Å². The lowest BCUT2D eigenvalue weighted by Crippen LogP contribution is -3.09. The average Bonchev–Trinajstić information content (AvgIpc) is 3.01. The largest absolute Gasteiger partial charge is 0.349 e. The summed E-state index contributed by atoms with van der Waals surface area (Å²) >= 11 is 1.45. The molecule has 146 valence electrons. The van der Waals surface area contributed by atoms with E-state index in [4.69, 9.17) is 0 Å². The van der Waals surface area contributed by atoms with E-state index in [2.05, 4.69) is 17.2 Å². The first-order valence-corrected chi connectivity index (χ1v) is 10.1. The maximum atomic E-state index is 12.3. The topological polar surface area (TPSA) is 66.7 Å². The van der Waals surface area contributed by atoms with Crippen LogP contribution in [0.1, 0.15) is 39.0 Å². The van der Waals surface area contributed by atoms with E-state index in [9.17, 15) is 9.59 Å². The van der Waals surface area contributed by atoms with Crippen LogP contribution < -0.4 is 15.1 Å². The number of hydrogen-bond acceptors (Lipinski definition) is 4. The Morgan fingerprint density at radius 3 is 2.63 bits per heavy atom. The Hall–Kier alpha value is -2.25. The van der Waals surface area contributed by atoms with Crippen LogP contribution in [0.3, 0.4) is 0 Å². The minimum absolute atomic E-state index is 0.0280. The lowest BCUT2D eigenvalue weighted by atomic mass is 10.1. The molecule has 1 heterocycles. The second-order valence-corrected chi connectivity index (χ2v) is 7.83. The van der Waals surface area contributed by atoms with Crippen LogP contribution >= 0.6 is 11.3 Å². The van der Waals surface area contributed by atoms with Gasteiger partial charge in [0.1, 0.15) is 12.2 Å². The molecule has 0 radical (unpaired) electrons. The lowest BCUT2D eigenvalue weighted by Gasteiger charge is -2.21. The number of thiazole rings is 1. The van der Waals surface area contributed by atoms with Gasteiger partial charge in [-0.05, 0) is 31.9 Å². The van der Waals surface area contributed by atoms with Gasteiger partial charge in [-0.3, -0.25) is 14.5 Å². The zero-order chi connectivity index (χ0) is 20.0. The maximum Gasteiger partial charge on any atom is 0.275 e. The minimum atomic E-state index is -0.0613. The molecule has 0 bridgehead atoms. The summed E-state index contributed by atoms with van der Waals surface area (Å²) in [5.74, 6) is -0.0333. The normalized spacial score (nSPS) is 12.1. The summed E-state index contributed by atoms with van der Waals surface area (Å²) in [6.07, 6.45) is 0.843. The molecule has 1 unspecified atom stereocenters. The molecular formula is C20H29N4O2S+. The van der Waals surface area contributed by atoms with E-state index in [-0.39, 0.29) is 17.9 Å². The number of carbonyl (C=O) groups excluding carboxylic acids is 2. The molecule has 0 fully saturated rings. The Labute approximate surface area is 165 Å². The van der Waals surface area contributed by atoms with Crippen LogP contribution in [0.15, 0.2) is 29.6 Å². The van der Waals surface area contributed by atoms with Crippen molar-refractivity contribution in [3.63, 3.8) is 0 Å². The number of carbonyl (C=O) groups is 2. The van der Waals surface area contributed by atoms with Gasteiger partial charge in [0.15, 0.2) is 11.7 Å². The number of anilines is 2. The predicted octanol–water partition coefficient (Wildman–Crippen LogP) is 1.93. The molecule has 2 rings (SSSR count). The van der Waals surface area contributed by atoms with E-state index in [1.165, 1.54) is 11.3 Å². The summed E-state index contributed by atoms with van der Waals surface area (Å²) in [5, 5.41) is 5.53. The average molecular weight is 390 g/mol. The number of quaternary nitrogens is 1. The summed E-state index contributed by atoms with van der Waals surface area (Å²) in [6, 6.07) is 8.04. The van der Waals surface area contributed by atoms with Crippen molar-refractivity contribution in [2.24, 2.45) is 0 Å². The predicted molar refractivity (Wildman–Crippen MR) is 109 cm³/mol. The molecule has 0 aliphatic heterocycles. The highest BCUT2D eigenvalue weighted by Crippen LogP contribution is 2.31. The summed E-state index contributed by atoms with van der Waals surface area (Å²) < 4.78 is 0. The third kappa shape index (κ3) is 5.87. The molecule has 7 heteroatoms. The third-order valence-electron chi connectivity index (χ3n) is 4.05. The number of amides is 2. The number of aromatic nitrogens is 1. The van der Waals surface area contributed by atoms with Crippen molar-refractivity contribution in [1.82, 2.24) is 10.3 Å². The highest BCUT2D eigenvalue weighted by atomic mass is 32.1. The highest BCUT2D eigenvalue weighted by molar-refractivity contribution is 7.14. The number of nitrogens with one attached hydrogen (secondary N) is 2. The first kappa shape index (κ1) is 21.1. The first-order valence-electron chi connectivity index (χ1n) is 9.25. The van der Waals surface area contributed by atoms with E-state index < -0.39 is 0 Å².